The first-order chi connectivity index (χ1) is 6.13. The van der Waals surface area contributed by atoms with Crippen LogP contribution in [0.25, 0.3) is 0 Å². The molecular weight excluding hydrogens is 205 g/mol. The molecule has 5 nitrogen and oxygen atoms in total. The summed E-state index contributed by atoms with van der Waals surface area (Å²) in [6.45, 7) is 11.0. The molecule has 0 aromatic heterocycles. The zero-order chi connectivity index (χ0) is 11.5. The van der Waals surface area contributed by atoms with Crippen LogP contribution in [0, 0.1) is 0 Å². The maximum absolute atomic E-state index is 8.88. The number of likely N-dealkylation sites (tertiary alicyclic amines) is 1. The highest BCUT2D eigenvalue weighted by molar-refractivity contribution is 7.45. The van der Waals surface area contributed by atoms with Gasteiger partial charge in [0.05, 0.1) is 0 Å². The molecule has 1 aliphatic heterocycles. The fourth-order valence-electron chi connectivity index (χ4n) is 1.10. The molecule has 0 bridgehead atoms. The van der Waals surface area contributed by atoms with E-state index in [0.29, 0.717) is 6.04 Å². The van der Waals surface area contributed by atoms with E-state index in [2.05, 4.69) is 32.0 Å². The highest BCUT2D eigenvalue weighted by Gasteiger charge is 2.22. The van der Waals surface area contributed by atoms with E-state index in [1.54, 1.807) is 0 Å². The van der Waals surface area contributed by atoms with Gasteiger partial charge in [-0.15, -0.1) is 0 Å². The van der Waals surface area contributed by atoms with Crippen LogP contribution in [-0.2, 0) is 4.57 Å². The predicted molar refractivity (Wildman–Crippen MR) is 54.6 cm³/mol. The SMILES string of the molecule is C=C1CN(C)C(C)C1=C.O=P(O)(O)O. The fraction of sp³-hybridized carbons (Fsp3) is 0.500. The third kappa shape index (κ3) is 5.32. The van der Waals surface area contributed by atoms with Crippen molar-refractivity contribution in [2.45, 2.75) is 13.0 Å². The molecule has 0 aromatic rings. The molecule has 0 spiro atoms. The monoisotopic (exact) mass is 221 g/mol. The van der Waals surface area contributed by atoms with Gasteiger partial charge in [-0.25, -0.2) is 4.57 Å². The summed E-state index contributed by atoms with van der Waals surface area (Å²) in [5.41, 5.74) is 2.38. The lowest BCUT2D eigenvalue weighted by atomic mass is 10.1. The summed E-state index contributed by atoms with van der Waals surface area (Å²) >= 11 is 0. The molecule has 3 N–H and O–H groups in total. The van der Waals surface area contributed by atoms with Crippen LogP contribution in [0.4, 0.5) is 0 Å². The molecule has 14 heavy (non-hydrogen) atoms. The van der Waals surface area contributed by atoms with Crippen LogP contribution < -0.4 is 0 Å². The smallest absolute Gasteiger partial charge is 0.303 e. The Kier molecular flexibility index (Phi) is 4.71. The molecule has 6 heteroatoms. The Labute approximate surface area is 83.6 Å². The Balaban J connectivity index is 0.000000292. The maximum atomic E-state index is 8.88. The van der Waals surface area contributed by atoms with Crippen molar-refractivity contribution >= 4 is 7.82 Å². The molecular formula is C8H16NO4P. The highest BCUT2D eigenvalue weighted by atomic mass is 31.2. The zero-order valence-corrected chi connectivity index (χ0v) is 9.24. The van der Waals surface area contributed by atoms with E-state index in [9.17, 15) is 0 Å². The molecule has 0 amide bonds. The summed E-state index contributed by atoms with van der Waals surface area (Å²) in [7, 11) is -2.55. The van der Waals surface area contributed by atoms with E-state index in [0.717, 1.165) is 6.54 Å². The number of phosphoric acid groups is 1. The van der Waals surface area contributed by atoms with Crippen molar-refractivity contribution < 1.29 is 19.2 Å². The predicted octanol–water partition coefficient (Wildman–Crippen LogP) is 0.504. The number of hydrogen-bond donors (Lipinski definition) is 3. The van der Waals surface area contributed by atoms with E-state index in [1.165, 1.54) is 11.1 Å². The molecule has 1 unspecified atom stereocenters. The second-order valence-corrected chi connectivity index (χ2v) is 4.26. The van der Waals surface area contributed by atoms with Gasteiger partial charge in [-0.2, -0.15) is 0 Å². The van der Waals surface area contributed by atoms with Gasteiger partial charge in [0.25, 0.3) is 0 Å². The first-order valence-corrected chi connectivity index (χ1v) is 5.55. The Morgan fingerprint density at radius 3 is 1.86 bits per heavy atom. The topological polar surface area (TPSA) is 81.0 Å². The molecule has 1 saturated heterocycles. The Bertz CT molecular complexity index is 275. The van der Waals surface area contributed by atoms with Gasteiger partial charge in [-0.3, -0.25) is 4.90 Å². The normalized spacial score (nSPS) is 23.4. The molecule has 1 heterocycles. The lowest BCUT2D eigenvalue weighted by Crippen LogP contribution is -2.21. The van der Waals surface area contributed by atoms with Crippen molar-refractivity contribution in [2.75, 3.05) is 13.6 Å². The van der Waals surface area contributed by atoms with Crippen molar-refractivity contribution in [3.63, 3.8) is 0 Å². The van der Waals surface area contributed by atoms with Gasteiger partial charge >= 0.3 is 7.82 Å². The molecule has 0 aromatic carbocycles. The Morgan fingerprint density at radius 1 is 1.43 bits per heavy atom. The van der Waals surface area contributed by atoms with Gasteiger partial charge in [0.1, 0.15) is 0 Å². The lowest BCUT2D eigenvalue weighted by Gasteiger charge is -2.12. The standard InChI is InChI=1S/C8H13N.H3O4P/c1-6-5-9(4)8(3)7(6)2;1-5(2,3)4/h8H,1-2,5H2,3-4H3;(H3,1,2,3,4). The quantitative estimate of drug-likeness (QED) is 0.519. The van der Waals surface area contributed by atoms with Crippen molar-refractivity contribution in [3.8, 4) is 0 Å². The Hall–Kier alpha value is -0.450. The van der Waals surface area contributed by atoms with E-state index in [1.807, 2.05) is 0 Å². The third-order valence-corrected chi connectivity index (χ3v) is 2.06. The van der Waals surface area contributed by atoms with Gasteiger partial charge in [0, 0.05) is 12.6 Å². The van der Waals surface area contributed by atoms with Crippen molar-refractivity contribution in [2.24, 2.45) is 0 Å². The van der Waals surface area contributed by atoms with Crippen molar-refractivity contribution in [1.29, 1.82) is 0 Å². The number of rotatable bonds is 0. The van der Waals surface area contributed by atoms with E-state index in [-0.39, 0.29) is 0 Å². The second kappa shape index (κ2) is 4.87. The van der Waals surface area contributed by atoms with Gasteiger partial charge < -0.3 is 14.7 Å². The fourth-order valence-corrected chi connectivity index (χ4v) is 1.10. The van der Waals surface area contributed by atoms with Crippen molar-refractivity contribution in [3.05, 3.63) is 24.3 Å². The van der Waals surface area contributed by atoms with Crippen LogP contribution >= 0.6 is 7.82 Å². The number of likely N-dealkylation sites (N-methyl/N-ethyl adjacent to an activating group) is 1. The molecule has 1 rings (SSSR count). The minimum absolute atomic E-state index is 0.498. The molecule has 0 radical (unpaired) electrons. The minimum Gasteiger partial charge on any atom is -0.303 e. The summed E-state index contributed by atoms with van der Waals surface area (Å²) in [5.74, 6) is 0. The third-order valence-electron chi connectivity index (χ3n) is 2.06. The number of hydrogen-bond acceptors (Lipinski definition) is 2. The summed E-state index contributed by atoms with van der Waals surface area (Å²) in [6, 6.07) is 0.498. The summed E-state index contributed by atoms with van der Waals surface area (Å²) < 4.78 is 8.88. The van der Waals surface area contributed by atoms with Crippen LogP contribution in [0.15, 0.2) is 24.3 Å². The molecule has 1 aliphatic rings. The zero-order valence-electron chi connectivity index (χ0n) is 8.34. The maximum Gasteiger partial charge on any atom is 0.466 e. The largest absolute Gasteiger partial charge is 0.466 e. The van der Waals surface area contributed by atoms with Gasteiger partial charge in [0.2, 0.25) is 0 Å². The van der Waals surface area contributed by atoms with Crippen LogP contribution in [0.3, 0.4) is 0 Å². The first-order valence-electron chi connectivity index (χ1n) is 3.98. The summed E-state index contributed by atoms with van der Waals surface area (Å²) in [4.78, 5) is 23.8. The van der Waals surface area contributed by atoms with E-state index < -0.39 is 7.82 Å². The van der Waals surface area contributed by atoms with Crippen LogP contribution in [0.1, 0.15) is 6.92 Å². The summed E-state index contributed by atoms with van der Waals surface area (Å²) in [6.07, 6.45) is 0. The van der Waals surface area contributed by atoms with Gasteiger partial charge in [0.15, 0.2) is 0 Å². The molecule has 1 atom stereocenters. The summed E-state index contributed by atoms with van der Waals surface area (Å²) in [5, 5.41) is 0. The highest BCUT2D eigenvalue weighted by Crippen LogP contribution is 2.25. The van der Waals surface area contributed by atoms with Crippen LogP contribution in [-0.4, -0.2) is 39.2 Å². The van der Waals surface area contributed by atoms with Gasteiger partial charge in [-0.1, -0.05) is 13.2 Å². The Morgan fingerprint density at radius 2 is 1.79 bits per heavy atom. The lowest BCUT2D eigenvalue weighted by molar-refractivity contribution is 0.275. The van der Waals surface area contributed by atoms with Crippen molar-refractivity contribution in [1.82, 2.24) is 4.90 Å². The first kappa shape index (κ1) is 13.5. The van der Waals surface area contributed by atoms with Gasteiger partial charge in [-0.05, 0) is 25.1 Å². The van der Waals surface area contributed by atoms with E-state index >= 15 is 0 Å². The molecule has 1 fully saturated rings. The van der Waals surface area contributed by atoms with Crippen LogP contribution in [0.5, 0.6) is 0 Å². The minimum atomic E-state index is -4.64. The molecule has 0 saturated carbocycles. The number of nitrogens with zero attached hydrogens (tertiary/aromatic N) is 1. The average Bonchev–Trinajstić information content (AvgIpc) is 2.14. The van der Waals surface area contributed by atoms with Crippen LogP contribution in [0.2, 0.25) is 0 Å². The van der Waals surface area contributed by atoms with E-state index in [4.69, 9.17) is 19.2 Å². The molecule has 0 aliphatic carbocycles. The average molecular weight is 221 g/mol. The molecule has 82 valence electrons. The second-order valence-electron chi connectivity index (χ2n) is 3.23.